The molecular weight excluding hydrogens is 417 g/mol. The van der Waals surface area contributed by atoms with E-state index in [4.69, 9.17) is 0 Å². The van der Waals surface area contributed by atoms with E-state index in [-0.39, 0.29) is 0 Å². The van der Waals surface area contributed by atoms with E-state index in [0.29, 0.717) is 24.3 Å². The van der Waals surface area contributed by atoms with Crippen LogP contribution in [0.15, 0.2) is 46.2 Å². The molecule has 3 nitrogen and oxygen atoms in total. The summed E-state index contributed by atoms with van der Waals surface area (Å²) in [6.07, 6.45) is 0.464. The molecule has 1 N–H and O–H groups in total. The minimum atomic E-state index is 0.464. The van der Waals surface area contributed by atoms with Gasteiger partial charge >= 0.3 is 0 Å². The first-order chi connectivity index (χ1) is 11.1. The van der Waals surface area contributed by atoms with Gasteiger partial charge in [0.05, 0.1) is 15.8 Å². The Morgan fingerprint density at radius 1 is 1.13 bits per heavy atom. The van der Waals surface area contributed by atoms with Gasteiger partial charge in [-0.1, -0.05) is 30.0 Å². The monoisotopic (exact) mass is 434 g/mol. The Labute approximate surface area is 154 Å². The number of halogens is 1. The predicted octanol–water partition coefficient (Wildman–Crippen LogP) is 4.72. The molecule has 5 heteroatoms. The van der Waals surface area contributed by atoms with E-state index in [2.05, 4.69) is 83.3 Å². The lowest BCUT2D eigenvalue weighted by Gasteiger charge is -2.42. The molecule has 2 aromatic rings. The second-order valence-electron chi connectivity index (χ2n) is 7.14. The molecule has 0 amide bonds. The topological polar surface area (TPSA) is 25.2 Å². The van der Waals surface area contributed by atoms with Gasteiger partial charge in [-0.3, -0.25) is 5.32 Å². The van der Waals surface area contributed by atoms with E-state index in [1.54, 1.807) is 0 Å². The summed E-state index contributed by atoms with van der Waals surface area (Å²) in [5, 5.41) is 3.78. The van der Waals surface area contributed by atoms with E-state index < -0.39 is 0 Å². The molecular formula is C18H17IN3S+. The second-order valence-corrected chi connectivity index (χ2v) is 9.75. The molecule has 0 aromatic heterocycles. The third kappa shape index (κ3) is 1.39. The van der Waals surface area contributed by atoms with Gasteiger partial charge in [0.15, 0.2) is 17.5 Å². The molecule has 0 bridgehead atoms. The van der Waals surface area contributed by atoms with Crippen molar-refractivity contribution in [1.82, 2.24) is 8.01 Å². The summed E-state index contributed by atoms with van der Waals surface area (Å²) < 4.78 is 0.925. The summed E-state index contributed by atoms with van der Waals surface area (Å²) in [7, 11) is 0. The fraction of sp³-hybridized carbons (Fsp3) is 0.333. The molecule has 0 radical (unpaired) electrons. The van der Waals surface area contributed by atoms with E-state index in [1.807, 2.05) is 11.8 Å². The predicted molar refractivity (Wildman–Crippen MR) is 104 cm³/mol. The number of benzene rings is 2. The fourth-order valence-corrected chi connectivity index (χ4v) is 8.05. The molecule has 1 fully saturated rings. The highest BCUT2D eigenvalue weighted by molar-refractivity contribution is 14.1. The van der Waals surface area contributed by atoms with Crippen molar-refractivity contribution in [3.8, 4) is 0 Å². The first-order valence-corrected chi connectivity index (χ1v) is 9.98. The molecule has 4 atom stereocenters. The lowest BCUT2D eigenvalue weighted by molar-refractivity contribution is 0.417. The number of nitrogens with one attached hydrogen (secondary N) is 1. The van der Waals surface area contributed by atoms with Gasteiger partial charge in [-0.25, -0.2) is 0 Å². The quantitative estimate of drug-likeness (QED) is 0.400. The Bertz CT molecular complexity index is 883. The average Bonchev–Trinajstić information content (AvgIpc) is 3.26. The molecule has 4 heterocycles. The van der Waals surface area contributed by atoms with E-state index in [1.165, 1.54) is 32.4 Å². The van der Waals surface area contributed by atoms with Crippen LogP contribution in [0.3, 0.4) is 0 Å². The van der Waals surface area contributed by atoms with Gasteiger partial charge in [0.25, 0.3) is 22.9 Å². The van der Waals surface area contributed by atoms with E-state index in [0.717, 1.165) is 2.70 Å². The third-order valence-corrected chi connectivity index (χ3v) is 8.28. The van der Waals surface area contributed by atoms with Crippen LogP contribution in [-0.2, 0) is 0 Å². The van der Waals surface area contributed by atoms with Crippen LogP contribution in [0.4, 0.5) is 17.1 Å². The van der Waals surface area contributed by atoms with Crippen molar-refractivity contribution in [1.29, 1.82) is 0 Å². The number of para-hydroxylation sites is 2. The van der Waals surface area contributed by atoms with Crippen LogP contribution in [0.25, 0.3) is 0 Å². The SMILES string of the molecule is CC(C)N1c2cccc3c2[N+]2(I)c4c(cccc4C4NC4C12)S3. The van der Waals surface area contributed by atoms with Crippen molar-refractivity contribution in [2.24, 2.45) is 0 Å². The van der Waals surface area contributed by atoms with Crippen molar-refractivity contribution < 1.29 is 0 Å². The largest absolute Gasteiger partial charge is 0.312 e. The Morgan fingerprint density at radius 3 is 2.65 bits per heavy atom. The van der Waals surface area contributed by atoms with Gasteiger partial charge in [0, 0.05) is 11.6 Å². The van der Waals surface area contributed by atoms with Crippen LogP contribution >= 0.6 is 34.6 Å². The Kier molecular flexibility index (Phi) is 2.39. The summed E-state index contributed by atoms with van der Waals surface area (Å²) in [5.41, 5.74) is 5.97. The maximum absolute atomic E-state index is 3.78. The first kappa shape index (κ1) is 13.5. The van der Waals surface area contributed by atoms with Crippen molar-refractivity contribution >= 4 is 51.7 Å². The average molecular weight is 434 g/mol. The summed E-state index contributed by atoms with van der Waals surface area (Å²) in [5.74, 6) is 0. The zero-order valence-corrected chi connectivity index (χ0v) is 15.9. The number of rotatable bonds is 1. The van der Waals surface area contributed by atoms with Crippen molar-refractivity contribution in [2.45, 2.75) is 47.9 Å². The highest BCUT2D eigenvalue weighted by Crippen LogP contribution is 2.69. The number of quaternary nitrogens is 1. The Morgan fingerprint density at radius 2 is 1.87 bits per heavy atom. The van der Waals surface area contributed by atoms with Gasteiger partial charge in [-0.2, -0.15) is 2.70 Å². The summed E-state index contributed by atoms with van der Waals surface area (Å²) in [6.45, 7) is 4.65. The van der Waals surface area contributed by atoms with Crippen LogP contribution < -0.4 is 12.9 Å². The van der Waals surface area contributed by atoms with E-state index in [9.17, 15) is 0 Å². The summed E-state index contributed by atoms with van der Waals surface area (Å²) in [6, 6.07) is 15.3. The van der Waals surface area contributed by atoms with Crippen molar-refractivity contribution in [3.05, 3.63) is 42.0 Å². The lowest BCUT2D eigenvalue weighted by atomic mass is 9.99. The Balaban J connectivity index is 1.77. The molecule has 0 aliphatic carbocycles. The number of hydrogen-bond donors (Lipinski definition) is 1. The normalized spacial score (nSPS) is 34.4. The first-order valence-electron chi connectivity index (χ1n) is 8.20. The number of fused-ring (bicyclic) bond motifs is 3. The maximum atomic E-state index is 3.78. The standard InChI is InChI=1S/C18H17IN3S/c1-9(2)21-11-6-4-8-13-17(11)22(19)16-10(5-3-7-12(16)23-13)14-15(20-14)18(21)22/h3-9,14-15,18,20H,1-2H3/q+1. The second kappa shape index (κ2) is 4.07. The minimum absolute atomic E-state index is 0.464. The van der Waals surface area contributed by atoms with Crippen LogP contribution in [0.5, 0.6) is 0 Å². The zero-order chi connectivity index (χ0) is 15.5. The fourth-order valence-electron chi connectivity index (χ4n) is 4.83. The minimum Gasteiger partial charge on any atom is -0.312 e. The third-order valence-electron chi connectivity index (χ3n) is 5.64. The lowest BCUT2D eigenvalue weighted by Crippen LogP contribution is -2.57. The van der Waals surface area contributed by atoms with Crippen LogP contribution in [0, 0.1) is 0 Å². The number of nitrogens with zero attached hydrogens (tertiary/aromatic N) is 2. The molecule has 4 aliphatic rings. The molecule has 4 aliphatic heterocycles. The maximum Gasteiger partial charge on any atom is 0.262 e. The van der Waals surface area contributed by atoms with Gasteiger partial charge in [0.2, 0.25) is 0 Å². The van der Waals surface area contributed by atoms with Crippen LogP contribution in [0.2, 0.25) is 0 Å². The molecule has 0 spiro atoms. The van der Waals surface area contributed by atoms with Crippen LogP contribution in [-0.4, -0.2) is 18.2 Å². The van der Waals surface area contributed by atoms with Gasteiger partial charge in [-0.05, 0) is 32.0 Å². The molecule has 116 valence electrons. The zero-order valence-electron chi connectivity index (χ0n) is 13.0. The molecule has 23 heavy (non-hydrogen) atoms. The Hall–Kier alpha value is -0.760. The van der Waals surface area contributed by atoms with Crippen LogP contribution in [0.1, 0.15) is 25.5 Å². The van der Waals surface area contributed by atoms with Crippen molar-refractivity contribution in [2.75, 3.05) is 4.90 Å². The van der Waals surface area contributed by atoms with Gasteiger partial charge < -0.3 is 4.90 Å². The smallest absolute Gasteiger partial charge is 0.262 e. The van der Waals surface area contributed by atoms with Crippen molar-refractivity contribution in [3.63, 3.8) is 0 Å². The summed E-state index contributed by atoms with van der Waals surface area (Å²) >= 11 is 4.67. The molecule has 0 saturated carbocycles. The molecule has 6 rings (SSSR count). The molecule has 4 unspecified atom stereocenters. The van der Waals surface area contributed by atoms with E-state index >= 15 is 0 Å². The van der Waals surface area contributed by atoms with Gasteiger partial charge in [-0.15, -0.1) is 0 Å². The number of anilines is 1. The van der Waals surface area contributed by atoms with Gasteiger partial charge in [0.1, 0.15) is 11.7 Å². The molecule has 1 saturated heterocycles. The summed E-state index contributed by atoms with van der Waals surface area (Å²) in [4.78, 5) is 5.52. The number of hydrogen-bond acceptors (Lipinski definition) is 3. The highest BCUT2D eigenvalue weighted by atomic mass is 127. The highest BCUT2D eigenvalue weighted by Gasteiger charge is 2.69. The molecule has 2 aromatic carbocycles.